The average molecular weight is 280 g/mol. The van der Waals surface area contributed by atoms with Crippen molar-refractivity contribution in [3.05, 3.63) is 28.0 Å². The molecule has 0 fully saturated rings. The summed E-state index contributed by atoms with van der Waals surface area (Å²) in [5.74, 6) is 0.870. The lowest BCUT2D eigenvalue weighted by atomic mass is 10.2. The van der Waals surface area contributed by atoms with E-state index in [1.54, 1.807) is 24.6 Å². The number of ether oxygens (including phenoxy) is 1. The van der Waals surface area contributed by atoms with Crippen LogP contribution in [0.4, 0.5) is 5.95 Å². The van der Waals surface area contributed by atoms with E-state index >= 15 is 0 Å². The van der Waals surface area contributed by atoms with Crippen LogP contribution in [0.1, 0.15) is 28.5 Å². The Morgan fingerprint density at radius 3 is 2.89 bits per heavy atom. The smallest absolute Gasteiger partial charge is 0.203 e. The Morgan fingerprint density at radius 2 is 2.26 bits per heavy atom. The number of aromatic nitrogens is 3. The molecular formula is C13H20N4OS. The van der Waals surface area contributed by atoms with E-state index in [1.165, 1.54) is 4.88 Å². The molecule has 2 aromatic rings. The number of rotatable bonds is 6. The summed E-state index contributed by atoms with van der Waals surface area (Å²) in [5.41, 5.74) is 1.09. The summed E-state index contributed by atoms with van der Waals surface area (Å²) in [7, 11) is 1.70. The summed E-state index contributed by atoms with van der Waals surface area (Å²) >= 11 is 1.73. The summed E-state index contributed by atoms with van der Waals surface area (Å²) in [6, 6.07) is 0.204. The largest absolute Gasteiger partial charge is 0.383 e. The van der Waals surface area contributed by atoms with Crippen LogP contribution < -0.4 is 5.32 Å². The van der Waals surface area contributed by atoms with E-state index in [0.717, 1.165) is 23.2 Å². The van der Waals surface area contributed by atoms with Crippen LogP contribution in [0, 0.1) is 13.8 Å². The molecule has 0 spiro atoms. The minimum Gasteiger partial charge on any atom is -0.383 e. The first-order valence-corrected chi connectivity index (χ1v) is 7.14. The standard InChI is InChI=1S/C13H20N4OS/c1-9-12(19-11(3)15-9)10(2)16-13-14-5-6-17(13)7-8-18-4/h5-6,10H,7-8H2,1-4H3,(H,14,16). The first kappa shape index (κ1) is 14.0. The van der Waals surface area contributed by atoms with E-state index in [0.29, 0.717) is 6.61 Å². The van der Waals surface area contributed by atoms with E-state index in [4.69, 9.17) is 4.74 Å². The lowest BCUT2D eigenvalue weighted by molar-refractivity contribution is 0.187. The zero-order valence-electron chi connectivity index (χ0n) is 11.8. The number of thiazole rings is 1. The van der Waals surface area contributed by atoms with Crippen molar-refractivity contribution < 1.29 is 4.74 Å². The molecule has 0 aliphatic rings. The third-order valence-electron chi connectivity index (χ3n) is 2.93. The van der Waals surface area contributed by atoms with E-state index in [1.807, 2.05) is 13.1 Å². The van der Waals surface area contributed by atoms with Crippen LogP contribution in [0.15, 0.2) is 12.4 Å². The fourth-order valence-electron chi connectivity index (χ4n) is 2.03. The Labute approximate surface area is 117 Å². The van der Waals surface area contributed by atoms with Gasteiger partial charge in [-0.2, -0.15) is 0 Å². The lowest BCUT2D eigenvalue weighted by Gasteiger charge is -2.15. The predicted molar refractivity (Wildman–Crippen MR) is 77.7 cm³/mol. The van der Waals surface area contributed by atoms with Gasteiger partial charge in [0.05, 0.1) is 23.4 Å². The van der Waals surface area contributed by atoms with Crippen molar-refractivity contribution in [2.24, 2.45) is 0 Å². The number of aryl methyl sites for hydroxylation is 2. The van der Waals surface area contributed by atoms with Crippen LogP contribution in [0.2, 0.25) is 0 Å². The highest BCUT2D eigenvalue weighted by atomic mass is 32.1. The quantitative estimate of drug-likeness (QED) is 0.884. The summed E-state index contributed by atoms with van der Waals surface area (Å²) in [6.45, 7) is 7.70. The normalized spacial score (nSPS) is 12.6. The maximum absolute atomic E-state index is 5.10. The summed E-state index contributed by atoms with van der Waals surface area (Å²) < 4.78 is 7.16. The summed E-state index contributed by atoms with van der Waals surface area (Å²) in [5, 5.41) is 4.54. The van der Waals surface area contributed by atoms with Gasteiger partial charge >= 0.3 is 0 Å². The van der Waals surface area contributed by atoms with Crippen molar-refractivity contribution in [3.8, 4) is 0 Å². The van der Waals surface area contributed by atoms with E-state index in [-0.39, 0.29) is 6.04 Å². The fourth-order valence-corrected chi connectivity index (χ4v) is 2.96. The highest BCUT2D eigenvalue weighted by Crippen LogP contribution is 2.26. The minimum atomic E-state index is 0.204. The fraction of sp³-hybridized carbons (Fsp3) is 0.538. The molecule has 1 atom stereocenters. The van der Waals surface area contributed by atoms with Gasteiger partial charge in [0.1, 0.15) is 0 Å². The van der Waals surface area contributed by atoms with Crippen molar-refractivity contribution in [2.75, 3.05) is 19.0 Å². The Morgan fingerprint density at radius 1 is 1.47 bits per heavy atom. The number of imidazole rings is 1. The molecule has 1 N–H and O–H groups in total. The second-order valence-corrected chi connectivity index (χ2v) is 5.72. The maximum atomic E-state index is 5.10. The molecule has 0 bridgehead atoms. The minimum absolute atomic E-state index is 0.204. The van der Waals surface area contributed by atoms with Crippen LogP contribution in [0.3, 0.4) is 0 Å². The molecule has 2 rings (SSSR count). The highest BCUT2D eigenvalue weighted by Gasteiger charge is 2.14. The average Bonchev–Trinajstić information content (AvgIpc) is 2.93. The van der Waals surface area contributed by atoms with Crippen LogP contribution in [0.25, 0.3) is 0 Å². The Balaban J connectivity index is 2.08. The molecule has 0 amide bonds. The molecule has 19 heavy (non-hydrogen) atoms. The van der Waals surface area contributed by atoms with Crippen molar-refractivity contribution in [1.29, 1.82) is 0 Å². The second kappa shape index (κ2) is 6.16. The molecule has 0 aliphatic carbocycles. The zero-order valence-corrected chi connectivity index (χ0v) is 12.6. The monoisotopic (exact) mass is 280 g/mol. The zero-order chi connectivity index (χ0) is 13.8. The molecule has 0 radical (unpaired) electrons. The second-order valence-electron chi connectivity index (χ2n) is 4.49. The van der Waals surface area contributed by atoms with Crippen LogP contribution in [0.5, 0.6) is 0 Å². The topological polar surface area (TPSA) is 52.0 Å². The van der Waals surface area contributed by atoms with Gasteiger partial charge in [-0.15, -0.1) is 11.3 Å². The van der Waals surface area contributed by atoms with Gasteiger partial charge in [-0.05, 0) is 20.8 Å². The number of hydrogen-bond donors (Lipinski definition) is 1. The van der Waals surface area contributed by atoms with E-state index < -0.39 is 0 Å². The van der Waals surface area contributed by atoms with Crippen LogP contribution in [-0.4, -0.2) is 28.3 Å². The molecule has 2 aromatic heterocycles. The molecule has 2 heterocycles. The molecule has 0 aromatic carbocycles. The summed E-state index contributed by atoms with van der Waals surface area (Å²) in [4.78, 5) is 10.1. The molecule has 104 valence electrons. The van der Waals surface area contributed by atoms with Gasteiger partial charge in [-0.25, -0.2) is 9.97 Å². The lowest BCUT2D eigenvalue weighted by Crippen LogP contribution is -2.13. The SMILES string of the molecule is COCCn1ccnc1NC(C)c1sc(C)nc1C. The number of anilines is 1. The van der Waals surface area contributed by atoms with Gasteiger partial charge in [0.15, 0.2) is 0 Å². The third kappa shape index (κ3) is 3.33. The first-order valence-electron chi connectivity index (χ1n) is 6.32. The van der Waals surface area contributed by atoms with E-state index in [9.17, 15) is 0 Å². The van der Waals surface area contributed by atoms with Gasteiger partial charge < -0.3 is 14.6 Å². The Hall–Kier alpha value is -1.40. The molecule has 0 aliphatic heterocycles. The molecule has 0 saturated carbocycles. The molecule has 5 nitrogen and oxygen atoms in total. The summed E-state index contributed by atoms with van der Waals surface area (Å²) in [6.07, 6.45) is 3.76. The van der Waals surface area contributed by atoms with Gasteiger partial charge in [0, 0.05) is 30.9 Å². The van der Waals surface area contributed by atoms with Crippen molar-refractivity contribution >= 4 is 17.3 Å². The Bertz CT molecular complexity index is 534. The number of methoxy groups -OCH3 is 1. The number of hydrogen-bond acceptors (Lipinski definition) is 5. The van der Waals surface area contributed by atoms with Gasteiger partial charge in [0.25, 0.3) is 0 Å². The van der Waals surface area contributed by atoms with Gasteiger partial charge in [0.2, 0.25) is 5.95 Å². The molecular weight excluding hydrogens is 260 g/mol. The maximum Gasteiger partial charge on any atom is 0.203 e. The molecule has 1 unspecified atom stereocenters. The number of nitrogens with one attached hydrogen (secondary N) is 1. The van der Waals surface area contributed by atoms with Crippen molar-refractivity contribution in [3.63, 3.8) is 0 Å². The van der Waals surface area contributed by atoms with Crippen molar-refractivity contribution in [1.82, 2.24) is 14.5 Å². The molecule has 0 saturated heterocycles. The predicted octanol–water partition coefficient (Wildman–Crippen LogP) is 2.78. The van der Waals surface area contributed by atoms with Gasteiger partial charge in [-0.1, -0.05) is 0 Å². The first-order chi connectivity index (χ1) is 9.11. The van der Waals surface area contributed by atoms with Crippen LogP contribution in [-0.2, 0) is 11.3 Å². The van der Waals surface area contributed by atoms with Crippen molar-refractivity contribution in [2.45, 2.75) is 33.4 Å². The van der Waals surface area contributed by atoms with Gasteiger partial charge in [-0.3, -0.25) is 0 Å². The third-order valence-corrected chi connectivity index (χ3v) is 4.19. The van der Waals surface area contributed by atoms with Crippen LogP contribution >= 0.6 is 11.3 Å². The Kier molecular flexibility index (Phi) is 4.55. The highest BCUT2D eigenvalue weighted by molar-refractivity contribution is 7.11. The molecule has 6 heteroatoms. The number of nitrogens with zero attached hydrogens (tertiary/aromatic N) is 3. The van der Waals surface area contributed by atoms with E-state index in [2.05, 4.69) is 33.7 Å².